The Kier molecular flexibility index (Phi) is 6.66. The average molecular weight is 395 g/mol. The summed E-state index contributed by atoms with van der Waals surface area (Å²) in [6.45, 7) is 1.11. The molecule has 0 spiro atoms. The lowest BCUT2D eigenvalue weighted by Gasteiger charge is -1.98. The summed E-state index contributed by atoms with van der Waals surface area (Å²) in [5.41, 5.74) is 1.13. The summed E-state index contributed by atoms with van der Waals surface area (Å²) in [5, 5.41) is 1.82. The van der Waals surface area contributed by atoms with Crippen LogP contribution in [0.1, 0.15) is 18.4 Å². The molecule has 0 saturated carbocycles. The van der Waals surface area contributed by atoms with Crippen molar-refractivity contribution in [3.05, 3.63) is 34.9 Å². The van der Waals surface area contributed by atoms with Crippen molar-refractivity contribution in [3.8, 4) is 0 Å². The van der Waals surface area contributed by atoms with Gasteiger partial charge in [-0.15, -0.1) is 0 Å². The van der Waals surface area contributed by atoms with Crippen molar-refractivity contribution in [2.75, 3.05) is 19.8 Å². The van der Waals surface area contributed by atoms with E-state index < -0.39 is 0 Å². The summed E-state index contributed by atoms with van der Waals surface area (Å²) in [5.74, 6) is 1.18. The van der Waals surface area contributed by atoms with E-state index in [0.29, 0.717) is 0 Å². The zero-order chi connectivity index (χ0) is 12.3. The molecule has 1 aliphatic heterocycles. The van der Waals surface area contributed by atoms with Gasteiger partial charge < -0.3 is 24.0 Å². The molecule has 1 heterocycles. The molecule has 0 atom stereocenters. The fraction of sp³-hybridized carbons (Fsp3) is 0.385. The minimum Gasteiger partial charge on any atom is -1.00 e. The predicted octanol–water partition coefficient (Wildman–Crippen LogP) is 0.288. The minimum atomic E-state index is 0. The third kappa shape index (κ3) is 3.96. The minimum absolute atomic E-state index is 0. The molecule has 1 aliphatic rings. The standard InChI is InChI=1S/C13H16ClN2S.HI/c1-16-9-3-4-12(16)15-13(17-2)10-5-7-11(14)8-6-10;/h5-8H,3-4,9H2,1-2H3;1H/q+1;/p-1. The molecule has 0 radical (unpaired) electrons. The van der Waals surface area contributed by atoms with E-state index in [1.807, 2.05) is 24.3 Å². The van der Waals surface area contributed by atoms with Gasteiger partial charge in [-0.05, 0) is 41.9 Å². The zero-order valence-corrected chi connectivity index (χ0v) is 14.2. The summed E-state index contributed by atoms with van der Waals surface area (Å²) < 4.78 is 2.23. The van der Waals surface area contributed by atoms with Gasteiger partial charge in [0.2, 0.25) is 5.04 Å². The predicted molar refractivity (Wildman–Crippen MR) is 76.8 cm³/mol. The molecule has 0 bridgehead atoms. The van der Waals surface area contributed by atoms with Crippen LogP contribution in [0.15, 0.2) is 29.3 Å². The highest BCUT2D eigenvalue weighted by Gasteiger charge is 2.20. The molecule has 5 heteroatoms. The number of thioether (sulfide) groups is 1. The Hall–Kier alpha value is -0.0700. The Morgan fingerprint density at radius 3 is 2.50 bits per heavy atom. The zero-order valence-electron chi connectivity index (χ0n) is 10.5. The lowest BCUT2D eigenvalue weighted by molar-refractivity contribution is -0.489. The Bertz CT molecular complexity index is 468. The maximum atomic E-state index is 5.89. The van der Waals surface area contributed by atoms with Crippen LogP contribution in [0.3, 0.4) is 0 Å². The number of amidine groups is 1. The van der Waals surface area contributed by atoms with Crippen LogP contribution in [0.25, 0.3) is 0 Å². The second-order valence-electron chi connectivity index (χ2n) is 4.07. The topological polar surface area (TPSA) is 15.4 Å². The summed E-state index contributed by atoms with van der Waals surface area (Å²) in [4.78, 5) is 4.75. The highest BCUT2D eigenvalue weighted by molar-refractivity contribution is 8.13. The maximum absolute atomic E-state index is 5.89. The smallest absolute Gasteiger partial charge is 0.295 e. The van der Waals surface area contributed by atoms with E-state index in [0.717, 1.165) is 28.6 Å². The first kappa shape index (κ1) is 16.0. The Morgan fingerprint density at radius 2 is 2.00 bits per heavy atom. The number of nitrogens with zero attached hydrogens (tertiary/aromatic N) is 2. The van der Waals surface area contributed by atoms with Gasteiger partial charge in [-0.1, -0.05) is 23.4 Å². The SMILES string of the molecule is CSC(=NC1=[N+](C)CCC1)c1ccc(Cl)cc1.[I-]. The van der Waals surface area contributed by atoms with Gasteiger partial charge in [-0.3, -0.25) is 4.58 Å². The normalized spacial score (nSPS) is 15.8. The lowest BCUT2D eigenvalue weighted by Crippen LogP contribution is -3.00. The number of halogens is 2. The number of aliphatic imine (C=N–C) groups is 1. The second kappa shape index (κ2) is 7.50. The molecular weight excluding hydrogens is 379 g/mol. The van der Waals surface area contributed by atoms with Gasteiger partial charge in [0, 0.05) is 10.6 Å². The van der Waals surface area contributed by atoms with Gasteiger partial charge in [0.25, 0.3) is 5.84 Å². The molecule has 1 aromatic carbocycles. The van der Waals surface area contributed by atoms with Crippen molar-refractivity contribution >= 4 is 34.2 Å². The third-order valence-corrected chi connectivity index (χ3v) is 3.82. The largest absolute Gasteiger partial charge is 1.00 e. The number of hydrogen-bond acceptors (Lipinski definition) is 2. The molecule has 2 nitrogen and oxygen atoms in total. The highest BCUT2D eigenvalue weighted by atomic mass is 127. The van der Waals surface area contributed by atoms with Crippen molar-refractivity contribution in [2.24, 2.45) is 4.99 Å². The molecule has 18 heavy (non-hydrogen) atoms. The molecule has 0 amide bonds. The van der Waals surface area contributed by atoms with Gasteiger partial charge in [0.15, 0.2) is 0 Å². The van der Waals surface area contributed by atoms with E-state index in [1.165, 1.54) is 12.3 Å². The van der Waals surface area contributed by atoms with E-state index in [2.05, 4.69) is 17.9 Å². The number of hydrogen-bond donors (Lipinski definition) is 0. The van der Waals surface area contributed by atoms with Crippen molar-refractivity contribution in [2.45, 2.75) is 12.8 Å². The lowest BCUT2D eigenvalue weighted by atomic mass is 10.2. The summed E-state index contributed by atoms with van der Waals surface area (Å²) in [6.07, 6.45) is 4.34. The van der Waals surface area contributed by atoms with E-state index in [-0.39, 0.29) is 24.0 Å². The quantitative estimate of drug-likeness (QED) is 0.289. The van der Waals surface area contributed by atoms with Crippen molar-refractivity contribution in [1.82, 2.24) is 0 Å². The first-order valence-corrected chi connectivity index (χ1v) is 7.26. The van der Waals surface area contributed by atoms with E-state index in [4.69, 9.17) is 16.6 Å². The first-order chi connectivity index (χ1) is 8.20. The van der Waals surface area contributed by atoms with Gasteiger partial charge >= 0.3 is 0 Å². The third-order valence-electron chi connectivity index (χ3n) is 2.85. The summed E-state index contributed by atoms with van der Waals surface area (Å²) in [7, 11) is 2.10. The van der Waals surface area contributed by atoms with Crippen LogP contribution in [0, 0.1) is 0 Å². The van der Waals surface area contributed by atoms with Crippen molar-refractivity contribution in [1.29, 1.82) is 0 Å². The molecule has 0 fully saturated rings. The van der Waals surface area contributed by atoms with E-state index in [1.54, 1.807) is 11.8 Å². The van der Waals surface area contributed by atoms with Crippen LogP contribution in [0.5, 0.6) is 0 Å². The molecular formula is C13H16ClIN2S. The average Bonchev–Trinajstić information content (AvgIpc) is 2.73. The molecule has 1 aromatic rings. The van der Waals surface area contributed by atoms with Crippen LogP contribution < -0.4 is 24.0 Å². The first-order valence-electron chi connectivity index (χ1n) is 5.66. The van der Waals surface area contributed by atoms with Crippen molar-refractivity contribution < 1.29 is 28.6 Å². The van der Waals surface area contributed by atoms with Crippen LogP contribution in [0.2, 0.25) is 5.02 Å². The highest BCUT2D eigenvalue weighted by Crippen LogP contribution is 2.16. The Labute approximate surface area is 135 Å². The van der Waals surface area contributed by atoms with Crippen molar-refractivity contribution in [3.63, 3.8) is 0 Å². The van der Waals surface area contributed by atoms with Crippen LogP contribution in [-0.4, -0.2) is 35.3 Å². The molecule has 2 rings (SSSR count). The maximum Gasteiger partial charge on any atom is 0.295 e. The molecule has 0 N–H and O–H groups in total. The van der Waals surface area contributed by atoms with Crippen LogP contribution >= 0.6 is 23.4 Å². The molecule has 0 aliphatic carbocycles. The van der Waals surface area contributed by atoms with E-state index in [9.17, 15) is 0 Å². The Balaban J connectivity index is 0.00000162. The second-order valence-corrected chi connectivity index (χ2v) is 5.30. The molecule has 0 unspecified atom stereocenters. The van der Waals surface area contributed by atoms with Crippen LogP contribution in [-0.2, 0) is 0 Å². The molecule has 98 valence electrons. The molecule has 0 saturated heterocycles. The Morgan fingerprint density at radius 1 is 1.33 bits per heavy atom. The fourth-order valence-electron chi connectivity index (χ4n) is 1.87. The van der Waals surface area contributed by atoms with Gasteiger partial charge in [0.05, 0.1) is 20.0 Å². The fourth-order valence-corrected chi connectivity index (χ4v) is 2.57. The van der Waals surface area contributed by atoms with Gasteiger partial charge in [-0.25, -0.2) is 0 Å². The van der Waals surface area contributed by atoms with E-state index >= 15 is 0 Å². The summed E-state index contributed by atoms with van der Waals surface area (Å²) in [6, 6.07) is 7.86. The monoisotopic (exact) mass is 394 g/mol. The summed E-state index contributed by atoms with van der Waals surface area (Å²) >= 11 is 7.57. The van der Waals surface area contributed by atoms with Crippen LogP contribution in [0.4, 0.5) is 0 Å². The number of benzene rings is 1. The number of rotatable bonds is 1. The molecule has 0 aromatic heterocycles. The van der Waals surface area contributed by atoms with Gasteiger partial charge in [0.1, 0.15) is 0 Å². The van der Waals surface area contributed by atoms with Gasteiger partial charge in [-0.2, -0.15) is 0 Å².